The van der Waals surface area contributed by atoms with E-state index < -0.39 is 0 Å². The summed E-state index contributed by atoms with van der Waals surface area (Å²) in [7, 11) is 2.01. The summed E-state index contributed by atoms with van der Waals surface area (Å²) in [5.41, 5.74) is 6.10. The lowest BCUT2D eigenvalue weighted by Crippen LogP contribution is -2.48. The van der Waals surface area contributed by atoms with Crippen LogP contribution in [0.1, 0.15) is 35.4 Å². The maximum atomic E-state index is 13.5. The Morgan fingerprint density at radius 3 is 2.76 bits per heavy atom. The van der Waals surface area contributed by atoms with Gasteiger partial charge in [-0.25, -0.2) is 0 Å². The number of para-hydroxylation sites is 1. The highest BCUT2D eigenvalue weighted by Gasteiger charge is 2.27. The van der Waals surface area contributed by atoms with E-state index in [1.165, 1.54) is 5.56 Å². The van der Waals surface area contributed by atoms with E-state index in [0.717, 1.165) is 66.0 Å². The molecule has 7 nitrogen and oxygen atoms in total. The topological polar surface area (TPSA) is 74.5 Å². The minimum absolute atomic E-state index is 0.107. The summed E-state index contributed by atoms with van der Waals surface area (Å²) in [4.78, 5) is 27.3. The lowest BCUT2D eigenvalue weighted by molar-refractivity contribution is 0.158. The third kappa shape index (κ3) is 5.73. The molecule has 3 aromatic heterocycles. The number of aliphatic hydroxyl groups excluding tert-OH is 1. The molecule has 1 atom stereocenters. The summed E-state index contributed by atoms with van der Waals surface area (Å²) in [5.74, 6) is 0. The first-order valence-electron chi connectivity index (χ1n) is 13.1. The second-order valence-corrected chi connectivity index (χ2v) is 10.0. The van der Waals surface area contributed by atoms with Gasteiger partial charge in [-0.05, 0) is 61.7 Å². The van der Waals surface area contributed by atoms with Crippen molar-refractivity contribution in [2.45, 2.75) is 45.3 Å². The number of benzene rings is 1. The van der Waals surface area contributed by atoms with E-state index in [-0.39, 0.29) is 18.1 Å². The Hall–Kier alpha value is -3.55. The van der Waals surface area contributed by atoms with Crippen LogP contribution >= 0.6 is 0 Å². The molecule has 0 aliphatic carbocycles. The van der Waals surface area contributed by atoms with Gasteiger partial charge in [-0.2, -0.15) is 0 Å². The molecule has 0 spiro atoms. The van der Waals surface area contributed by atoms with Gasteiger partial charge in [0.05, 0.1) is 17.4 Å². The summed E-state index contributed by atoms with van der Waals surface area (Å²) in [6.07, 6.45) is 8.51. The maximum Gasteiger partial charge on any atom is 0.193 e. The van der Waals surface area contributed by atoms with E-state index in [4.69, 9.17) is 0 Å². The Kier molecular flexibility index (Phi) is 7.63. The first-order valence-corrected chi connectivity index (χ1v) is 13.1. The Labute approximate surface area is 218 Å². The van der Waals surface area contributed by atoms with Gasteiger partial charge in [0.2, 0.25) is 0 Å². The number of nitrogens with zero attached hydrogens (tertiary/aromatic N) is 5. The molecule has 1 saturated heterocycles. The minimum atomic E-state index is 0.107. The molecule has 4 aromatic rings. The molecule has 1 fully saturated rings. The van der Waals surface area contributed by atoms with E-state index in [2.05, 4.69) is 42.5 Å². The van der Waals surface area contributed by atoms with Crippen molar-refractivity contribution in [2.75, 3.05) is 24.6 Å². The third-order valence-corrected chi connectivity index (χ3v) is 7.35. The highest BCUT2D eigenvalue weighted by atomic mass is 16.3. The van der Waals surface area contributed by atoms with Gasteiger partial charge in [-0.15, -0.1) is 0 Å². The molecular weight excluding hydrogens is 462 g/mol. The highest BCUT2D eigenvalue weighted by molar-refractivity contribution is 5.79. The van der Waals surface area contributed by atoms with Crippen LogP contribution < -0.4 is 10.3 Å². The minimum Gasteiger partial charge on any atom is -0.396 e. The van der Waals surface area contributed by atoms with Crippen LogP contribution in [0.15, 0.2) is 71.9 Å². The maximum absolute atomic E-state index is 13.5. The molecule has 5 rings (SSSR count). The number of aromatic nitrogens is 3. The van der Waals surface area contributed by atoms with Crippen molar-refractivity contribution in [3.63, 3.8) is 0 Å². The molecule has 0 bridgehead atoms. The van der Waals surface area contributed by atoms with E-state index in [0.29, 0.717) is 13.0 Å². The molecule has 1 aliphatic rings. The molecule has 0 radical (unpaired) electrons. The van der Waals surface area contributed by atoms with E-state index in [9.17, 15) is 9.90 Å². The highest BCUT2D eigenvalue weighted by Crippen LogP contribution is 2.25. The molecule has 1 unspecified atom stereocenters. The van der Waals surface area contributed by atoms with Crippen LogP contribution in [-0.4, -0.2) is 50.3 Å². The van der Waals surface area contributed by atoms with E-state index in [1.807, 2.05) is 62.9 Å². The van der Waals surface area contributed by atoms with E-state index >= 15 is 0 Å². The number of fused-ring (bicyclic) bond motifs is 1. The van der Waals surface area contributed by atoms with Gasteiger partial charge < -0.3 is 14.6 Å². The number of piperidine rings is 1. The Balaban J connectivity index is 1.44. The fourth-order valence-electron chi connectivity index (χ4n) is 5.44. The standard InChI is InChI=1S/C30H35N5O2/c1-22-16-23(11-13-31-22)18-35(20-24-19-33(2)29-8-4-3-7-28(29)30(24)37)27-6-5-14-34(21-27)26-10-9-25(12-15-36)32-17-26/h3-4,7-11,13,16-17,19,27,36H,5-6,12,14-15,18,20-21H2,1-2H3. The molecule has 192 valence electrons. The SMILES string of the molecule is Cc1cc(CN(Cc2cn(C)c3ccccc3c2=O)C2CCCN(c3ccc(CCO)nc3)C2)ccn1. The lowest BCUT2D eigenvalue weighted by Gasteiger charge is -2.40. The third-order valence-electron chi connectivity index (χ3n) is 7.35. The van der Waals surface area contributed by atoms with Crippen LogP contribution in [0.5, 0.6) is 0 Å². The first-order chi connectivity index (χ1) is 18.0. The van der Waals surface area contributed by atoms with Gasteiger partial charge in [0.25, 0.3) is 0 Å². The number of hydrogen-bond acceptors (Lipinski definition) is 6. The van der Waals surface area contributed by atoms with Crippen LogP contribution in [0, 0.1) is 6.92 Å². The quantitative estimate of drug-likeness (QED) is 0.399. The molecule has 1 aromatic carbocycles. The molecule has 7 heteroatoms. The van der Waals surface area contributed by atoms with Crippen LogP contribution in [0.25, 0.3) is 10.9 Å². The number of rotatable bonds is 8. The summed E-state index contributed by atoms with van der Waals surface area (Å²) >= 11 is 0. The van der Waals surface area contributed by atoms with Crippen molar-refractivity contribution < 1.29 is 5.11 Å². The van der Waals surface area contributed by atoms with Gasteiger partial charge in [-0.3, -0.25) is 19.7 Å². The zero-order chi connectivity index (χ0) is 25.8. The van der Waals surface area contributed by atoms with Crippen LogP contribution in [0.4, 0.5) is 5.69 Å². The van der Waals surface area contributed by atoms with Gasteiger partial charge >= 0.3 is 0 Å². The second kappa shape index (κ2) is 11.2. The van der Waals surface area contributed by atoms with Gasteiger partial charge in [-0.1, -0.05) is 12.1 Å². The average Bonchev–Trinajstić information content (AvgIpc) is 2.92. The van der Waals surface area contributed by atoms with Crippen molar-refractivity contribution in [2.24, 2.45) is 7.05 Å². The zero-order valence-electron chi connectivity index (χ0n) is 21.7. The summed E-state index contributed by atoms with van der Waals surface area (Å²) in [6.45, 7) is 5.32. The predicted molar refractivity (Wildman–Crippen MR) is 148 cm³/mol. The Bertz CT molecular complexity index is 1420. The van der Waals surface area contributed by atoms with Crippen LogP contribution in [-0.2, 0) is 26.6 Å². The summed E-state index contributed by atoms with van der Waals surface area (Å²) in [5, 5.41) is 9.97. The number of hydrogen-bond donors (Lipinski definition) is 1. The largest absolute Gasteiger partial charge is 0.396 e. The molecule has 1 N–H and O–H groups in total. The fraction of sp³-hybridized carbons (Fsp3) is 0.367. The monoisotopic (exact) mass is 497 g/mol. The van der Waals surface area contributed by atoms with E-state index in [1.54, 1.807) is 0 Å². The Morgan fingerprint density at radius 1 is 1.11 bits per heavy atom. The van der Waals surface area contributed by atoms with Gasteiger partial charge in [0, 0.05) is 87.0 Å². The van der Waals surface area contributed by atoms with Crippen molar-refractivity contribution in [3.8, 4) is 0 Å². The van der Waals surface area contributed by atoms with Crippen molar-refractivity contribution in [1.82, 2.24) is 19.4 Å². The molecular formula is C30H35N5O2. The number of anilines is 1. The second-order valence-electron chi connectivity index (χ2n) is 10.0. The van der Waals surface area contributed by atoms with Crippen molar-refractivity contribution >= 4 is 16.6 Å². The van der Waals surface area contributed by atoms with Crippen LogP contribution in [0.2, 0.25) is 0 Å². The van der Waals surface area contributed by atoms with Crippen LogP contribution in [0.3, 0.4) is 0 Å². The van der Waals surface area contributed by atoms with Gasteiger partial charge in [0.15, 0.2) is 5.43 Å². The fourth-order valence-corrected chi connectivity index (χ4v) is 5.44. The predicted octanol–water partition coefficient (Wildman–Crippen LogP) is 3.84. The summed E-state index contributed by atoms with van der Waals surface area (Å²) < 4.78 is 2.06. The van der Waals surface area contributed by atoms with Crippen molar-refractivity contribution in [1.29, 1.82) is 0 Å². The normalized spacial score (nSPS) is 16.0. The average molecular weight is 498 g/mol. The number of aryl methyl sites for hydroxylation is 2. The summed E-state index contributed by atoms with van der Waals surface area (Å²) in [6, 6.07) is 16.4. The van der Waals surface area contributed by atoms with Crippen molar-refractivity contribution in [3.05, 3.63) is 99.9 Å². The molecule has 37 heavy (non-hydrogen) atoms. The Morgan fingerprint density at radius 2 is 1.97 bits per heavy atom. The first kappa shape index (κ1) is 25.1. The van der Waals surface area contributed by atoms with Gasteiger partial charge in [0.1, 0.15) is 0 Å². The molecule has 4 heterocycles. The lowest BCUT2D eigenvalue weighted by atomic mass is 10.0. The molecule has 1 aliphatic heterocycles. The zero-order valence-corrected chi connectivity index (χ0v) is 21.7. The number of aliphatic hydroxyl groups is 1. The number of pyridine rings is 3. The molecule has 0 saturated carbocycles. The smallest absolute Gasteiger partial charge is 0.193 e. The molecule has 0 amide bonds.